The summed E-state index contributed by atoms with van der Waals surface area (Å²) in [7, 11) is 1.58. The van der Waals surface area contributed by atoms with E-state index in [0.717, 1.165) is 5.56 Å². The van der Waals surface area contributed by atoms with E-state index in [1.807, 2.05) is 24.3 Å². The largest absolute Gasteiger partial charge is 0.497 e. The van der Waals surface area contributed by atoms with E-state index in [0.29, 0.717) is 22.8 Å². The smallest absolute Gasteiger partial charge is 0.331 e. The normalized spacial score (nSPS) is 10.8. The number of esters is 1. The summed E-state index contributed by atoms with van der Waals surface area (Å²) in [4.78, 5) is 22.0. The van der Waals surface area contributed by atoms with Crippen molar-refractivity contribution in [1.29, 1.82) is 0 Å². The van der Waals surface area contributed by atoms with E-state index < -0.39 is 10.9 Å². The topological polar surface area (TPSA) is 105 Å². The van der Waals surface area contributed by atoms with Crippen LogP contribution in [-0.2, 0) is 16.1 Å². The average molecular weight is 380 g/mol. The maximum atomic E-state index is 11.8. The molecule has 0 spiro atoms. The first-order valence-electron chi connectivity index (χ1n) is 8.24. The van der Waals surface area contributed by atoms with Gasteiger partial charge in [0.2, 0.25) is 0 Å². The number of methoxy groups -OCH3 is 1. The lowest BCUT2D eigenvalue weighted by atomic mass is 10.1. The molecule has 0 aliphatic rings. The van der Waals surface area contributed by atoms with E-state index in [-0.39, 0.29) is 12.3 Å². The summed E-state index contributed by atoms with van der Waals surface area (Å²) in [6, 6.07) is 14.8. The maximum Gasteiger partial charge on any atom is 0.331 e. The molecule has 3 aromatic rings. The summed E-state index contributed by atoms with van der Waals surface area (Å²) in [5, 5.41) is 14.5. The number of hydrogen-bond acceptors (Lipinski definition) is 7. The SMILES string of the molecule is COc1cccc(-c2cc(COC(=O)/C=C\c3ccc([N+](=O)[O-])cc3)no2)c1. The van der Waals surface area contributed by atoms with Crippen molar-refractivity contribution in [3.63, 3.8) is 0 Å². The summed E-state index contributed by atoms with van der Waals surface area (Å²) < 4.78 is 15.6. The third kappa shape index (κ3) is 4.82. The number of ether oxygens (including phenoxy) is 2. The van der Waals surface area contributed by atoms with Gasteiger partial charge in [-0.1, -0.05) is 17.3 Å². The van der Waals surface area contributed by atoms with Crippen LogP contribution in [0, 0.1) is 10.1 Å². The third-order valence-electron chi connectivity index (χ3n) is 3.79. The van der Waals surface area contributed by atoms with E-state index in [1.165, 1.54) is 24.3 Å². The molecule has 0 bridgehead atoms. The zero-order chi connectivity index (χ0) is 19.9. The van der Waals surface area contributed by atoms with Crippen LogP contribution in [0.5, 0.6) is 5.75 Å². The number of nitro groups is 1. The first-order valence-corrected chi connectivity index (χ1v) is 8.24. The summed E-state index contributed by atoms with van der Waals surface area (Å²) >= 11 is 0. The Kier molecular flexibility index (Phi) is 5.81. The van der Waals surface area contributed by atoms with E-state index in [4.69, 9.17) is 14.0 Å². The Balaban J connectivity index is 1.56. The van der Waals surface area contributed by atoms with Crippen molar-refractivity contribution < 1.29 is 23.7 Å². The number of carbonyl (C=O) groups excluding carboxylic acids is 1. The standard InChI is InChI=1S/C20H16N2O6/c1-26-18-4-2-3-15(11-18)19-12-16(21-28-19)13-27-20(23)10-7-14-5-8-17(9-6-14)22(24)25/h2-12H,13H2,1H3/b10-7-. The van der Waals surface area contributed by atoms with Crippen LogP contribution in [0.1, 0.15) is 11.3 Å². The highest BCUT2D eigenvalue weighted by Gasteiger charge is 2.09. The molecule has 0 unspecified atom stereocenters. The van der Waals surface area contributed by atoms with Gasteiger partial charge in [-0.3, -0.25) is 10.1 Å². The van der Waals surface area contributed by atoms with Crippen molar-refractivity contribution in [3.05, 3.63) is 82.0 Å². The Hall–Kier alpha value is -3.94. The zero-order valence-corrected chi connectivity index (χ0v) is 14.9. The highest BCUT2D eigenvalue weighted by atomic mass is 16.6. The molecule has 0 saturated heterocycles. The lowest BCUT2D eigenvalue weighted by molar-refractivity contribution is -0.384. The second-order valence-corrected chi connectivity index (χ2v) is 5.70. The molecule has 28 heavy (non-hydrogen) atoms. The van der Waals surface area contributed by atoms with Crippen LogP contribution in [0.25, 0.3) is 17.4 Å². The molecular formula is C20H16N2O6. The van der Waals surface area contributed by atoms with Crippen LogP contribution < -0.4 is 4.74 Å². The fourth-order valence-corrected chi connectivity index (χ4v) is 2.36. The first kappa shape index (κ1) is 18.8. The number of benzene rings is 2. The first-order chi connectivity index (χ1) is 13.5. The fourth-order valence-electron chi connectivity index (χ4n) is 2.36. The van der Waals surface area contributed by atoms with Gasteiger partial charge in [0.05, 0.1) is 12.0 Å². The Labute approximate surface area is 160 Å². The van der Waals surface area contributed by atoms with Gasteiger partial charge in [0.25, 0.3) is 5.69 Å². The van der Waals surface area contributed by atoms with Crippen LogP contribution in [0.3, 0.4) is 0 Å². The number of hydrogen-bond donors (Lipinski definition) is 0. The van der Waals surface area contributed by atoms with Gasteiger partial charge in [-0.15, -0.1) is 0 Å². The van der Waals surface area contributed by atoms with Crippen LogP contribution in [-0.4, -0.2) is 23.2 Å². The monoisotopic (exact) mass is 380 g/mol. The molecule has 8 heteroatoms. The van der Waals surface area contributed by atoms with Crippen molar-refractivity contribution in [3.8, 4) is 17.1 Å². The van der Waals surface area contributed by atoms with Gasteiger partial charge in [0.1, 0.15) is 18.1 Å². The maximum absolute atomic E-state index is 11.8. The summed E-state index contributed by atoms with van der Waals surface area (Å²) in [6.07, 6.45) is 2.75. The van der Waals surface area contributed by atoms with E-state index in [9.17, 15) is 14.9 Å². The van der Waals surface area contributed by atoms with Gasteiger partial charge in [-0.05, 0) is 35.9 Å². The molecule has 0 amide bonds. The summed E-state index contributed by atoms with van der Waals surface area (Å²) in [5.74, 6) is 0.661. The number of aromatic nitrogens is 1. The average Bonchev–Trinajstić information content (AvgIpc) is 3.20. The lowest BCUT2D eigenvalue weighted by Gasteiger charge is -2.00. The van der Waals surface area contributed by atoms with E-state index in [2.05, 4.69) is 5.16 Å². The Morgan fingerprint density at radius 3 is 2.71 bits per heavy atom. The van der Waals surface area contributed by atoms with Crippen LogP contribution in [0.15, 0.2) is 65.2 Å². The van der Waals surface area contributed by atoms with Gasteiger partial charge in [0, 0.05) is 29.8 Å². The molecule has 0 aliphatic carbocycles. The van der Waals surface area contributed by atoms with Crippen LogP contribution >= 0.6 is 0 Å². The molecular weight excluding hydrogens is 364 g/mol. The number of rotatable bonds is 7. The van der Waals surface area contributed by atoms with Gasteiger partial charge in [-0.25, -0.2) is 4.79 Å². The molecule has 1 aromatic heterocycles. The van der Waals surface area contributed by atoms with Crippen LogP contribution in [0.4, 0.5) is 5.69 Å². The lowest BCUT2D eigenvalue weighted by Crippen LogP contribution is -2.00. The molecule has 0 atom stereocenters. The zero-order valence-electron chi connectivity index (χ0n) is 14.9. The third-order valence-corrected chi connectivity index (χ3v) is 3.79. The molecule has 3 rings (SSSR count). The molecule has 8 nitrogen and oxygen atoms in total. The van der Waals surface area contributed by atoms with Crippen molar-refractivity contribution in [2.45, 2.75) is 6.61 Å². The van der Waals surface area contributed by atoms with Gasteiger partial charge < -0.3 is 14.0 Å². The van der Waals surface area contributed by atoms with Crippen LogP contribution in [0.2, 0.25) is 0 Å². The molecule has 2 aromatic carbocycles. The second-order valence-electron chi connectivity index (χ2n) is 5.70. The minimum atomic E-state index is -0.565. The minimum Gasteiger partial charge on any atom is -0.497 e. The van der Waals surface area contributed by atoms with E-state index >= 15 is 0 Å². The molecule has 0 saturated carbocycles. The van der Waals surface area contributed by atoms with Crippen molar-refractivity contribution in [2.24, 2.45) is 0 Å². The molecule has 142 valence electrons. The minimum absolute atomic E-state index is 0.0161. The molecule has 0 N–H and O–H groups in total. The molecule has 1 heterocycles. The quantitative estimate of drug-likeness (QED) is 0.264. The Morgan fingerprint density at radius 1 is 1.21 bits per heavy atom. The Bertz CT molecular complexity index is 1010. The Morgan fingerprint density at radius 2 is 2.00 bits per heavy atom. The molecule has 0 fully saturated rings. The van der Waals surface area contributed by atoms with Crippen molar-refractivity contribution in [2.75, 3.05) is 7.11 Å². The van der Waals surface area contributed by atoms with Gasteiger partial charge >= 0.3 is 5.97 Å². The molecule has 0 radical (unpaired) electrons. The number of carbonyl (C=O) groups is 1. The summed E-state index contributed by atoms with van der Waals surface area (Å²) in [6.45, 7) is -0.0447. The second kappa shape index (κ2) is 8.63. The van der Waals surface area contributed by atoms with Crippen molar-refractivity contribution in [1.82, 2.24) is 5.16 Å². The predicted molar refractivity (Wildman–Crippen MR) is 100 cm³/mol. The number of nitrogens with zero attached hydrogens (tertiary/aromatic N) is 2. The number of non-ortho nitro benzene ring substituents is 1. The predicted octanol–water partition coefficient (Wildman–Crippen LogP) is 4.02. The van der Waals surface area contributed by atoms with Crippen molar-refractivity contribution >= 4 is 17.7 Å². The molecule has 0 aliphatic heterocycles. The van der Waals surface area contributed by atoms with Gasteiger partial charge in [-0.2, -0.15) is 0 Å². The highest BCUT2D eigenvalue weighted by Crippen LogP contribution is 2.24. The number of nitro benzene ring substituents is 1. The summed E-state index contributed by atoms with van der Waals surface area (Å²) in [5.41, 5.74) is 1.89. The highest BCUT2D eigenvalue weighted by molar-refractivity contribution is 5.87. The van der Waals surface area contributed by atoms with E-state index in [1.54, 1.807) is 25.3 Å². The fraction of sp³-hybridized carbons (Fsp3) is 0.100. The van der Waals surface area contributed by atoms with Gasteiger partial charge in [0.15, 0.2) is 5.76 Å².